The number of aromatic nitrogens is 3. The first-order valence-corrected chi connectivity index (χ1v) is 9.83. The number of amides is 1. The average Bonchev–Trinajstić information content (AvgIpc) is 2.69. The lowest BCUT2D eigenvalue weighted by molar-refractivity contribution is -0.138. The lowest BCUT2D eigenvalue weighted by Crippen LogP contribution is -2.58. The van der Waals surface area contributed by atoms with Crippen LogP contribution in [0.1, 0.15) is 30.5 Å². The summed E-state index contributed by atoms with van der Waals surface area (Å²) in [5, 5.41) is 0. The fraction of sp³-hybridized carbons (Fsp3) is 0.500. The summed E-state index contributed by atoms with van der Waals surface area (Å²) in [4.78, 5) is 38.2. The van der Waals surface area contributed by atoms with Gasteiger partial charge in [-0.15, -0.1) is 0 Å². The van der Waals surface area contributed by atoms with Gasteiger partial charge < -0.3 is 19.5 Å². The maximum Gasteiger partial charge on any atom is 0.421 e. The van der Waals surface area contributed by atoms with Gasteiger partial charge in [-0.05, 0) is 38.0 Å². The van der Waals surface area contributed by atoms with Crippen LogP contribution in [0, 0.1) is 6.92 Å². The van der Waals surface area contributed by atoms with Crippen LogP contribution in [0.5, 0.6) is 0 Å². The van der Waals surface area contributed by atoms with Crippen LogP contribution in [0.2, 0.25) is 0 Å². The number of anilines is 1. The molecule has 1 saturated heterocycles. The zero-order valence-corrected chi connectivity index (χ0v) is 17.4. The van der Waals surface area contributed by atoms with Gasteiger partial charge in [-0.3, -0.25) is 4.79 Å². The van der Waals surface area contributed by atoms with Gasteiger partial charge in [0.15, 0.2) is 0 Å². The molecule has 2 aromatic rings. The third kappa shape index (κ3) is 5.33. The van der Waals surface area contributed by atoms with E-state index in [-0.39, 0.29) is 30.7 Å². The fourth-order valence-electron chi connectivity index (χ4n) is 3.62. The Morgan fingerprint density at radius 3 is 2.42 bits per heavy atom. The van der Waals surface area contributed by atoms with Crippen molar-refractivity contribution in [1.29, 1.82) is 0 Å². The lowest BCUT2D eigenvalue weighted by Gasteiger charge is -2.43. The largest absolute Gasteiger partial charge is 0.449 e. The zero-order chi connectivity index (χ0) is 22.8. The molecule has 8 nitrogen and oxygen atoms in total. The Morgan fingerprint density at radius 2 is 1.84 bits per heavy atom. The van der Waals surface area contributed by atoms with Crippen LogP contribution in [-0.2, 0) is 17.3 Å². The Morgan fingerprint density at radius 1 is 1.23 bits per heavy atom. The van der Waals surface area contributed by atoms with E-state index in [1.54, 1.807) is 17.3 Å². The number of rotatable bonds is 4. The Labute approximate surface area is 177 Å². The highest BCUT2D eigenvalue weighted by Gasteiger charge is 2.35. The van der Waals surface area contributed by atoms with Gasteiger partial charge in [-0.25, -0.2) is 14.8 Å². The average molecular weight is 439 g/mol. The van der Waals surface area contributed by atoms with Gasteiger partial charge in [0.1, 0.15) is 5.56 Å². The number of ether oxygens (including phenoxy) is 1. The van der Waals surface area contributed by atoms with Gasteiger partial charge in [-0.1, -0.05) is 0 Å². The molecule has 3 heterocycles. The van der Waals surface area contributed by atoms with Crippen molar-refractivity contribution in [2.24, 2.45) is 0 Å². The first kappa shape index (κ1) is 22.6. The molecule has 0 saturated carbocycles. The molecule has 11 heteroatoms. The normalized spacial score (nSPS) is 19.4. The second-order valence-corrected chi connectivity index (χ2v) is 7.68. The molecule has 1 N–H and O–H groups in total. The highest BCUT2D eigenvalue weighted by Crippen LogP contribution is 2.27. The third-order valence-electron chi connectivity index (χ3n) is 5.06. The van der Waals surface area contributed by atoms with E-state index in [4.69, 9.17) is 4.74 Å². The molecule has 2 atom stereocenters. The second kappa shape index (κ2) is 8.94. The highest BCUT2D eigenvalue weighted by atomic mass is 19.4. The molecule has 0 spiro atoms. The van der Waals surface area contributed by atoms with E-state index in [1.807, 2.05) is 25.7 Å². The molecule has 2 aromatic heterocycles. The van der Waals surface area contributed by atoms with E-state index in [2.05, 4.69) is 15.0 Å². The molecule has 0 bridgehead atoms. The van der Waals surface area contributed by atoms with Crippen LogP contribution >= 0.6 is 0 Å². The molecule has 1 aliphatic heterocycles. The minimum Gasteiger partial charge on any atom is -0.449 e. The van der Waals surface area contributed by atoms with E-state index in [9.17, 15) is 22.8 Å². The molecule has 0 unspecified atom stereocenters. The van der Waals surface area contributed by atoms with Crippen molar-refractivity contribution in [3.05, 3.63) is 51.7 Å². The summed E-state index contributed by atoms with van der Waals surface area (Å²) in [6.07, 6.45) is -0.562. The summed E-state index contributed by atoms with van der Waals surface area (Å²) in [6.45, 7) is 6.51. The van der Waals surface area contributed by atoms with Crippen molar-refractivity contribution in [3.8, 4) is 0 Å². The van der Waals surface area contributed by atoms with Crippen LogP contribution in [0.3, 0.4) is 0 Å². The quantitative estimate of drug-likeness (QED) is 0.788. The van der Waals surface area contributed by atoms with Crippen LogP contribution in [0.4, 0.5) is 23.9 Å². The zero-order valence-electron chi connectivity index (χ0n) is 17.4. The third-order valence-corrected chi connectivity index (χ3v) is 5.06. The first-order chi connectivity index (χ1) is 14.6. The lowest BCUT2D eigenvalue weighted by atomic mass is 10.1. The number of H-pyrrole nitrogens is 1. The molecule has 3 rings (SSSR count). The van der Waals surface area contributed by atoms with Crippen LogP contribution in [0.15, 0.2) is 29.5 Å². The van der Waals surface area contributed by atoms with Crippen molar-refractivity contribution in [2.75, 3.05) is 24.6 Å². The number of carbonyl (C=O) groups excluding carboxylic acids is 1. The minimum atomic E-state index is -4.74. The molecule has 0 aliphatic carbocycles. The topological polar surface area (TPSA) is 91.4 Å². The summed E-state index contributed by atoms with van der Waals surface area (Å²) >= 11 is 0. The number of nitrogens with one attached hydrogen (secondary N) is 1. The van der Waals surface area contributed by atoms with E-state index in [1.165, 1.54) is 6.20 Å². The fourth-order valence-corrected chi connectivity index (χ4v) is 3.62. The first-order valence-electron chi connectivity index (χ1n) is 9.83. The minimum absolute atomic E-state index is 0.0486. The molecule has 1 fully saturated rings. The summed E-state index contributed by atoms with van der Waals surface area (Å²) in [6, 6.07) is 0.678. The van der Waals surface area contributed by atoms with Crippen molar-refractivity contribution < 1.29 is 22.7 Å². The van der Waals surface area contributed by atoms with E-state index in [0.717, 1.165) is 11.6 Å². The number of nitrogens with zero attached hydrogens (tertiary/aromatic N) is 4. The second-order valence-electron chi connectivity index (χ2n) is 7.68. The van der Waals surface area contributed by atoms with Crippen LogP contribution in [-0.4, -0.2) is 57.7 Å². The van der Waals surface area contributed by atoms with Crippen LogP contribution < -0.4 is 10.5 Å². The van der Waals surface area contributed by atoms with Gasteiger partial charge in [0.05, 0.1) is 6.61 Å². The van der Waals surface area contributed by atoms with Gasteiger partial charge >= 0.3 is 12.3 Å². The molecule has 31 heavy (non-hydrogen) atoms. The van der Waals surface area contributed by atoms with Gasteiger partial charge in [0.2, 0.25) is 5.95 Å². The Bertz CT molecular complexity index is 965. The van der Waals surface area contributed by atoms with Gasteiger partial charge in [-0.2, -0.15) is 13.2 Å². The number of hydrogen-bond acceptors (Lipinski definition) is 6. The molecule has 168 valence electrons. The number of halogens is 3. The smallest absolute Gasteiger partial charge is 0.421 e. The van der Waals surface area contributed by atoms with E-state index < -0.39 is 23.4 Å². The molecular weight excluding hydrogens is 415 g/mol. The highest BCUT2D eigenvalue weighted by molar-refractivity contribution is 5.68. The number of carbonyl (C=O) groups is 1. The van der Waals surface area contributed by atoms with Crippen molar-refractivity contribution >= 4 is 12.0 Å². The Balaban J connectivity index is 1.56. The maximum atomic E-state index is 12.8. The number of hydrogen-bond donors (Lipinski definition) is 1. The van der Waals surface area contributed by atoms with Gasteiger partial charge in [0, 0.05) is 50.2 Å². The maximum absolute atomic E-state index is 12.8. The van der Waals surface area contributed by atoms with E-state index in [0.29, 0.717) is 19.0 Å². The van der Waals surface area contributed by atoms with Crippen molar-refractivity contribution in [3.63, 3.8) is 0 Å². The molecule has 0 radical (unpaired) electrons. The predicted molar refractivity (Wildman–Crippen MR) is 107 cm³/mol. The summed E-state index contributed by atoms with van der Waals surface area (Å²) in [5.41, 5.74) is -1.29. The molecule has 0 aromatic carbocycles. The SMILES string of the molecule is Cc1cnc(N2[C@H](C)CN(C(=O)OCCc3c[nH]c(=O)c(C(F)(F)F)c3)C[C@@H]2C)nc1. The molecular formula is C20H24F3N5O3. The van der Waals surface area contributed by atoms with Crippen molar-refractivity contribution in [2.45, 2.75) is 45.5 Å². The standard InChI is InChI=1S/C20H24F3N5O3/c1-12-7-25-18(26-8-12)28-13(2)10-27(11-14(28)3)19(30)31-5-4-15-6-16(20(21,22)23)17(29)24-9-15/h6-9,13-14H,4-5,10-11H2,1-3H3,(H,24,29)/t13-,14+. The number of alkyl halides is 3. The molecule has 1 aliphatic rings. The monoisotopic (exact) mass is 439 g/mol. The Hall–Kier alpha value is -3.11. The predicted octanol–water partition coefficient (Wildman–Crippen LogP) is 2.77. The summed E-state index contributed by atoms with van der Waals surface area (Å²) in [5.74, 6) is 0.595. The van der Waals surface area contributed by atoms with E-state index >= 15 is 0 Å². The Kier molecular flexibility index (Phi) is 6.51. The van der Waals surface area contributed by atoms with Crippen LogP contribution in [0.25, 0.3) is 0 Å². The van der Waals surface area contributed by atoms with Gasteiger partial charge in [0.25, 0.3) is 5.56 Å². The summed E-state index contributed by atoms with van der Waals surface area (Å²) in [7, 11) is 0. The number of piperazine rings is 1. The molecule has 1 amide bonds. The number of pyridine rings is 1. The summed E-state index contributed by atoms with van der Waals surface area (Å²) < 4.78 is 43.8. The van der Waals surface area contributed by atoms with Crippen molar-refractivity contribution in [1.82, 2.24) is 19.9 Å². The number of aryl methyl sites for hydroxylation is 1. The number of aromatic amines is 1.